The van der Waals surface area contributed by atoms with Crippen LogP contribution in [0, 0.1) is 5.41 Å². The lowest BCUT2D eigenvalue weighted by atomic mass is 9.79. The number of rotatable bonds is 6. The molecule has 1 saturated heterocycles. The smallest absolute Gasteiger partial charge is 0.408 e. The van der Waals surface area contributed by atoms with Crippen LogP contribution in [0.15, 0.2) is 91.0 Å². The quantitative estimate of drug-likeness (QED) is 0.479. The summed E-state index contributed by atoms with van der Waals surface area (Å²) < 4.78 is 0. The number of benzene rings is 3. The number of carbonyl (C=O) groups is 1. The van der Waals surface area contributed by atoms with Gasteiger partial charge in [0.05, 0.1) is 12.1 Å². The van der Waals surface area contributed by atoms with E-state index >= 15 is 0 Å². The molecule has 33 heavy (non-hydrogen) atoms. The van der Waals surface area contributed by atoms with Crippen molar-refractivity contribution < 1.29 is 9.90 Å². The Kier molecular flexibility index (Phi) is 6.85. The number of likely N-dealkylation sites (tertiary alicyclic amines) is 1. The summed E-state index contributed by atoms with van der Waals surface area (Å²) in [5.74, 6) is 0.111. The van der Waals surface area contributed by atoms with Crippen LogP contribution in [0.5, 0.6) is 0 Å². The molecule has 172 valence electrons. The van der Waals surface area contributed by atoms with E-state index in [2.05, 4.69) is 86.3 Å². The molecule has 1 heterocycles. The third kappa shape index (κ3) is 5.28. The Morgan fingerprint density at radius 2 is 1.45 bits per heavy atom. The Balaban J connectivity index is 1.73. The summed E-state index contributed by atoms with van der Waals surface area (Å²) in [6, 6.07) is 30.5. The van der Waals surface area contributed by atoms with E-state index in [1.807, 2.05) is 30.3 Å². The molecule has 4 rings (SSSR count). The first kappa shape index (κ1) is 23.1. The van der Waals surface area contributed by atoms with Gasteiger partial charge in [0.15, 0.2) is 0 Å². The number of amides is 1. The molecule has 1 amide bonds. The fourth-order valence-corrected chi connectivity index (χ4v) is 5.30. The fraction of sp³-hybridized carbons (Fsp3) is 0.345. The van der Waals surface area contributed by atoms with Gasteiger partial charge in [-0.2, -0.15) is 0 Å². The predicted molar refractivity (Wildman–Crippen MR) is 133 cm³/mol. The summed E-state index contributed by atoms with van der Waals surface area (Å²) in [5, 5.41) is 10.6. The Hall–Kier alpha value is -3.11. The highest BCUT2D eigenvalue weighted by Crippen LogP contribution is 2.43. The molecule has 3 aromatic rings. The van der Waals surface area contributed by atoms with Crippen LogP contribution in [0.25, 0.3) is 0 Å². The minimum absolute atomic E-state index is 0.111. The molecule has 1 aliphatic heterocycles. The zero-order valence-corrected chi connectivity index (χ0v) is 19.8. The molecule has 0 spiro atoms. The van der Waals surface area contributed by atoms with Crippen molar-refractivity contribution in [2.24, 2.45) is 5.41 Å². The largest absolute Gasteiger partial charge is 0.465 e. The van der Waals surface area contributed by atoms with Crippen LogP contribution in [0.4, 0.5) is 4.79 Å². The molecule has 3 aromatic carbocycles. The summed E-state index contributed by atoms with van der Waals surface area (Å²) >= 11 is 0. The molecule has 0 aromatic heterocycles. The van der Waals surface area contributed by atoms with Gasteiger partial charge in [-0.3, -0.25) is 9.80 Å². The summed E-state index contributed by atoms with van der Waals surface area (Å²) in [7, 11) is 0. The van der Waals surface area contributed by atoms with Crippen molar-refractivity contribution in [2.45, 2.75) is 45.3 Å². The summed E-state index contributed by atoms with van der Waals surface area (Å²) in [5.41, 5.74) is 3.24. The molecule has 0 bridgehead atoms. The molecule has 0 aliphatic carbocycles. The molecule has 1 aliphatic rings. The van der Waals surface area contributed by atoms with E-state index in [1.54, 1.807) is 4.90 Å². The minimum Gasteiger partial charge on any atom is -0.465 e. The molecule has 1 fully saturated rings. The highest BCUT2D eigenvalue weighted by molar-refractivity contribution is 5.67. The van der Waals surface area contributed by atoms with Gasteiger partial charge in [0.25, 0.3) is 0 Å². The van der Waals surface area contributed by atoms with Crippen molar-refractivity contribution in [2.75, 3.05) is 13.1 Å². The second-order valence-corrected chi connectivity index (χ2v) is 10.1. The summed E-state index contributed by atoms with van der Waals surface area (Å²) in [4.78, 5) is 17.0. The van der Waals surface area contributed by atoms with Gasteiger partial charge >= 0.3 is 6.09 Å². The van der Waals surface area contributed by atoms with E-state index in [9.17, 15) is 9.90 Å². The molecular weight excluding hydrogens is 408 g/mol. The van der Waals surface area contributed by atoms with Gasteiger partial charge in [0, 0.05) is 25.6 Å². The SMILES string of the molecule is CC(C)(C)C(c1ccccc1)N(C(=O)O)C1CN(Cc2ccccc2)CC1c1ccccc1. The predicted octanol–water partition coefficient (Wildman–Crippen LogP) is 6.42. The lowest BCUT2D eigenvalue weighted by molar-refractivity contribution is 0.0513. The first-order valence-corrected chi connectivity index (χ1v) is 11.7. The molecule has 1 N–H and O–H groups in total. The van der Waals surface area contributed by atoms with Gasteiger partial charge in [-0.05, 0) is 22.1 Å². The third-order valence-corrected chi connectivity index (χ3v) is 6.63. The molecule has 3 unspecified atom stereocenters. The van der Waals surface area contributed by atoms with Crippen LogP contribution in [0.2, 0.25) is 0 Å². The van der Waals surface area contributed by atoms with Crippen LogP contribution < -0.4 is 0 Å². The zero-order valence-electron chi connectivity index (χ0n) is 19.8. The van der Waals surface area contributed by atoms with Gasteiger partial charge in [0.2, 0.25) is 0 Å². The number of hydrogen-bond acceptors (Lipinski definition) is 2. The van der Waals surface area contributed by atoms with E-state index in [-0.39, 0.29) is 23.4 Å². The van der Waals surface area contributed by atoms with Gasteiger partial charge in [-0.25, -0.2) is 4.79 Å². The maximum absolute atomic E-state index is 12.9. The van der Waals surface area contributed by atoms with Gasteiger partial charge in [0.1, 0.15) is 0 Å². The first-order chi connectivity index (χ1) is 15.8. The molecule has 3 atom stereocenters. The first-order valence-electron chi connectivity index (χ1n) is 11.7. The molecule has 0 saturated carbocycles. The van der Waals surface area contributed by atoms with Crippen molar-refractivity contribution in [1.29, 1.82) is 0 Å². The molecule has 4 nitrogen and oxygen atoms in total. The molecule has 0 radical (unpaired) electrons. The van der Waals surface area contributed by atoms with Crippen molar-refractivity contribution >= 4 is 6.09 Å². The minimum atomic E-state index is -0.855. The average Bonchev–Trinajstić information content (AvgIpc) is 3.21. The fourth-order valence-electron chi connectivity index (χ4n) is 5.30. The standard InChI is InChI=1S/C29H34N2O2/c1-29(2,3)27(24-17-11-6-12-18-24)31(28(32)33)26-21-30(19-22-13-7-4-8-14-22)20-25(26)23-15-9-5-10-16-23/h4-18,25-27H,19-21H2,1-3H3,(H,32,33). The van der Waals surface area contributed by atoms with E-state index in [1.165, 1.54) is 11.1 Å². The lowest BCUT2D eigenvalue weighted by Gasteiger charge is -2.43. The normalized spacial score (nSPS) is 19.8. The topological polar surface area (TPSA) is 43.8 Å². The average molecular weight is 443 g/mol. The monoisotopic (exact) mass is 442 g/mol. The summed E-state index contributed by atoms with van der Waals surface area (Å²) in [6.07, 6.45) is -0.855. The zero-order chi connectivity index (χ0) is 23.4. The Morgan fingerprint density at radius 1 is 0.909 bits per heavy atom. The maximum atomic E-state index is 12.9. The second kappa shape index (κ2) is 9.80. The van der Waals surface area contributed by atoms with E-state index in [0.717, 1.165) is 18.7 Å². The highest BCUT2D eigenvalue weighted by Gasteiger charge is 2.45. The second-order valence-electron chi connectivity index (χ2n) is 10.1. The van der Waals surface area contributed by atoms with Crippen LogP contribution in [0.1, 0.15) is 49.4 Å². The number of nitrogens with zero attached hydrogens (tertiary/aromatic N) is 2. The highest BCUT2D eigenvalue weighted by atomic mass is 16.4. The van der Waals surface area contributed by atoms with Gasteiger partial charge in [-0.15, -0.1) is 0 Å². The third-order valence-electron chi connectivity index (χ3n) is 6.63. The Morgan fingerprint density at radius 3 is 2.00 bits per heavy atom. The van der Waals surface area contributed by atoms with Crippen molar-refractivity contribution in [1.82, 2.24) is 9.80 Å². The maximum Gasteiger partial charge on any atom is 0.408 e. The number of hydrogen-bond donors (Lipinski definition) is 1. The van der Waals surface area contributed by atoms with Crippen LogP contribution >= 0.6 is 0 Å². The van der Waals surface area contributed by atoms with Crippen LogP contribution in [0.3, 0.4) is 0 Å². The van der Waals surface area contributed by atoms with Crippen molar-refractivity contribution in [3.63, 3.8) is 0 Å². The Labute approximate surface area is 197 Å². The number of carboxylic acid groups (broad SMARTS) is 1. The Bertz CT molecular complexity index is 1030. The van der Waals surface area contributed by atoms with Crippen LogP contribution in [-0.2, 0) is 6.54 Å². The van der Waals surface area contributed by atoms with Crippen molar-refractivity contribution in [3.05, 3.63) is 108 Å². The van der Waals surface area contributed by atoms with Crippen LogP contribution in [-0.4, -0.2) is 40.1 Å². The van der Waals surface area contributed by atoms with E-state index in [0.29, 0.717) is 6.54 Å². The molecular formula is C29H34N2O2. The van der Waals surface area contributed by atoms with Gasteiger partial charge in [-0.1, -0.05) is 112 Å². The molecule has 4 heteroatoms. The van der Waals surface area contributed by atoms with E-state index in [4.69, 9.17) is 0 Å². The van der Waals surface area contributed by atoms with E-state index < -0.39 is 6.09 Å². The summed E-state index contributed by atoms with van der Waals surface area (Å²) in [6.45, 7) is 8.76. The van der Waals surface area contributed by atoms with Gasteiger partial charge < -0.3 is 5.11 Å². The lowest BCUT2D eigenvalue weighted by Crippen LogP contribution is -2.49. The van der Waals surface area contributed by atoms with Crippen molar-refractivity contribution in [3.8, 4) is 0 Å².